The third-order valence-corrected chi connectivity index (χ3v) is 5.56. The minimum Gasteiger partial charge on any atom is -0.504 e. The quantitative estimate of drug-likeness (QED) is 0.464. The van der Waals surface area contributed by atoms with Crippen molar-refractivity contribution in [3.63, 3.8) is 0 Å². The fourth-order valence-corrected chi connectivity index (χ4v) is 4.17. The second-order valence-electron chi connectivity index (χ2n) is 8.70. The van der Waals surface area contributed by atoms with Gasteiger partial charge in [-0.25, -0.2) is 4.99 Å². The summed E-state index contributed by atoms with van der Waals surface area (Å²) < 4.78 is 5.75. The summed E-state index contributed by atoms with van der Waals surface area (Å²) in [4.78, 5) is 22.1. The van der Waals surface area contributed by atoms with Crippen molar-refractivity contribution in [2.24, 2.45) is 10.4 Å². The first-order valence-corrected chi connectivity index (χ1v) is 10.0. The average Bonchev–Trinajstić information content (AvgIpc) is 3.10. The van der Waals surface area contributed by atoms with Crippen molar-refractivity contribution in [1.29, 1.82) is 0 Å². The van der Waals surface area contributed by atoms with Crippen molar-refractivity contribution >= 4 is 28.9 Å². The maximum Gasteiger partial charge on any atom is 0.302 e. The summed E-state index contributed by atoms with van der Waals surface area (Å²) in [5.74, 6) is -0.0726. The highest BCUT2D eigenvalue weighted by molar-refractivity contribution is 6.03. The number of aliphatic imine (C=N–C) groups is 1. The second-order valence-corrected chi connectivity index (χ2v) is 8.70. The zero-order chi connectivity index (χ0) is 21.8. The van der Waals surface area contributed by atoms with Gasteiger partial charge in [0.15, 0.2) is 22.9 Å². The van der Waals surface area contributed by atoms with Gasteiger partial charge in [-0.1, -0.05) is 32.0 Å². The molecule has 2 aromatic carbocycles. The summed E-state index contributed by atoms with van der Waals surface area (Å²) in [6.07, 6.45) is 1.08. The van der Waals surface area contributed by atoms with Gasteiger partial charge >= 0.3 is 6.01 Å². The highest BCUT2D eigenvalue weighted by Crippen LogP contribution is 2.44. The molecule has 8 heteroatoms. The van der Waals surface area contributed by atoms with E-state index in [9.17, 15) is 15.0 Å². The monoisotopic (exact) mass is 418 g/mol. The highest BCUT2D eigenvalue weighted by Gasteiger charge is 2.39. The van der Waals surface area contributed by atoms with Gasteiger partial charge < -0.3 is 19.9 Å². The predicted octanol–water partition coefficient (Wildman–Crippen LogP) is 3.99. The van der Waals surface area contributed by atoms with Gasteiger partial charge in [0.1, 0.15) is 11.6 Å². The first kappa shape index (κ1) is 19.2. The van der Waals surface area contributed by atoms with Gasteiger partial charge in [0, 0.05) is 17.7 Å². The van der Waals surface area contributed by atoms with Crippen LogP contribution in [0.25, 0.3) is 11.1 Å². The van der Waals surface area contributed by atoms with Crippen LogP contribution in [0.1, 0.15) is 38.3 Å². The van der Waals surface area contributed by atoms with Crippen molar-refractivity contribution in [2.75, 3.05) is 5.32 Å². The number of nitrogens with one attached hydrogen (secondary N) is 2. The third kappa shape index (κ3) is 3.50. The number of oxazole rings is 1. The number of benzene rings is 2. The third-order valence-electron chi connectivity index (χ3n) is 5.56. The minimum atomic E-state index is -0.627. The number of nitrogens with zero attached hydrogens (tertiary/aromatic N) is 2. The van der Waals surface area contributed by atoms with Gasteiger partial charge in [-0.15, -0.1) is 0 Å². The number of aromatic nitrogens is 1. The summed E-state index contributed by atoms with van der Waals surface area (Å²) >= 11 is 0. The molecule has 1 atom stereocenters. The van der Waals surface area contributed by atoms with Crippen LogP contribution in [0.2, 0.25) is 0 Å². The Hall–Kier alpha value is -3.81. The fraction of sp³-hybridized carbons (Fsp3) is 0.261. The number of phenolic OH excluding ortho intramolecular Hbond substituents is 2. The molecule has 0 spiro atoms. The first-order valence-electron chi connectivity index (χ1n) is 10.0. The zero-order valence-electron chi connectivity index (χ0n) is 17.1. The summed E-state index contributed by atoms with van der Waals surface area (Å²) in [6.45, 7) is 4.11. The molecule has 0 amide bonds. The molecule has 0 saturated heterocycles. The summed E-state index contributed by atoms with van der Waals surface area (Å²) in [7, 11) is 0. The second kappa shape index (κ2) is 6.87. The van der Waals surface area contributed by atoms with Crippen molar-refractivity contribution in [3.05, 3.63) is 59.3 Å². The van der Waals surface area contributed by atoms with E-state index in [-0.39, 0.29) is 28.7 Å². The molecule has 2 heterocycles. The van der Waals surface area contributed by atoms with Crippen LogP contribution in [-0.2, 0) is 4.79 Å². The lowest BCUT2D eigenvalue weighted by Crippen LogP contribution is -2.41. The Morgan fingerprint density at radius 1 is 1.13 bits per heavy atom. The zero-order valence-corrected chi connectivity index (χ0v) is 17.1. The Morgan fingerprint density at radius 2 is 1.94 bits per heavy atom. The number of carbonyl (C=O) groups excluding carboxylic acids is 1. The number of Topliss-reactive ketones (excluding diaryl/α,β-unsaturated/α-hetero) is 1. The molecule has 2 aliphatic rings. The molecule has 0 fully saturated rings. The molecule has 3 aromatic rings. The van der Waals surface area contributed by atoms with E-state index in [2.05, 4.69) is 29.5 Å². The predicted molar refractivity (Wildman–Crippen MR) is 116 cm³/mol. The number of para-hydroxylation sites is 2. The number of phenols is 2. The summed E-state index contributed by atoms with van der Waals surface area (Å²) in [5, 5.41) is 26.0. The number of anilines is 1. The Labute approximate surface area is 178 Å². The molecule has 0 bridgehead atoms. The van der Waals surface area contributed by atoms with Crippen LogP contribution >= 0.6 is 0 Å². The largest absolute Gasteiger partial charge is 0.504 e. The molecular weight excluding hydrogens is 396 g/mol. The van der Waals surface area contributed by atoms with Crippen LogP contribution in [-0.4, -0.2) is 26.9 Å². The number of allylic oxidation sites excluding steroid dienone is 1. The molecule has 8 nitrogen and oxygen atoms in total. The average molecular weight is 418 g/mol. The van der Waals surface area contributed by atoms with Crippen molar-refractivity contribution < 1.29 is 19.4 Å². The van der Waals surface area contributed by atoms with Crippen LogP contribution in [0.15, 0.2) is 63.1 Å². The topological polar surface area (TPSA) is 120 Å². The number of carbonyl (C=O) groups is 1. The summed E-state index contributed by atoms with van der Waals surface area (Å²) in [5.41, 5.74) is 3.14. The molecule has 1 unspecified atom stereocenters. The van der Waals surface area contributed by atoms with E-state index in [0.717, 1.165) is 11.2 Å². The van der Waals surface area contributed by atoms with Crippen molar-refractivity contribution in [3.8, 4) is 11.5 Å². The summed E-state index contributed by atoms with van der Waals surface area (Å²) in [6, 6.07) is 11.6. The van der Waals surface area contributed by atoms with E-state index >= 15 is 0 Å². The van der Waals surface area contributed by atoms with E-state index in [1.165, 1.54) is 12.1 Å². The number of guanidine groups is 1. The minimum absolute atomic E-state index is 0.0148. The van der Waals surface area contributed by atoms with E-state index in [0.29, 0.717) is 35.5 Å². The normalized spacial score (nSPS) is 20.3. The molecular formula is C23H22N4O4. The Morgan fingerprint density at radius 3 is 2.71 bits per heavy atom. The lowest BCUT2D eigenvalue weighted by atomic mass is 9.73. The maximum absolute atomic E-state index is 13.0. The molecule has 31 heavy (non-hydrogen) atoms. The molecule has 1 aliphatic heterocycles. The van der Waals surface area contributed by atoms with E-state index in [1.54, 1.807) is 6.07 Å². The van der Waals surface area contributed by atoms with Crippen LogP contribution in [0.3, 0.4) is 0 Å². The van der Waals surface area contributed by atoms with Crippen LogP contribution in [0.4, 0.5) is 6.01 Å². The number of hydrogen-bond acceptors (Lipinski definition) is 8. The molecule has 4 N–H and O–H groups in total. The Kier molecular flexibility index (Phi) is 4.25. The fourth-order valence-electron chi connectivity index (χ4n) is 4.17. The van der Waals surface area contributed by atoms with Crippen LogP contribution < -0.4 is 10.6 Å². The maximum atomic E-state index is 13.0. The number of fused-ring (bicyclic) bond motifs is 1. The first-order chi connectivity index (χ1) is 14.8. The SMILES string of the molecule is CC1(C)CC(=O)C2=C(C1)NC(Nc1nc3ccccc3o1)=NC2c1ccc(O)c(O)c1. The van der Waals surface area contributed by atoms with Gasteiger partial charge in [0.25, 0.3) is 0 Å². The molecule has 1 aromatic heterocycles. The van der Waals surface area contributed by atoms with E-state index < -0.39 is 6.04 Å². The molecule has 1 aliphatic carbocycles. The van der Waals surface area contributed by atoms with Gasteiger partial charge in [0.05, 0.1) is 0 Å². The van der Waals surface area contributed by atoms with Gasteiger partial charge in [-0.2, -0.15) is 4.98 Å². The van der Waals surface area contributed by atoms with Crippen LogP contribution in [0.5, 0.6) is 11.5 Å². The molecule has 5 rings (SSSR count). The molecule has 0 saturated carbocycles. The smallest absolute Gasteiger partial charge is 0.302 e. The number of ketones is 1. The van der Waals surface area contributed by atoms with E-state index in [4.69, 9.17) is 9.41 Å². The Bertz CT molecular complexity index is 1240. The number of rotatable bonds is 2. The number of hydrogen-bond donors (Lipinski definition) is 4. The Balaban J connectivity index is 1.56. The van der Waals surface area contributed by atoms with Gasteiger partial charge in [0.2, 0.25) is 5.96 Å². The number of aromatic hydroxyl groups is 2. The van der Waals surface area contributed by atoms with Crippen LogP contribution in [0, 0.1) is 5.41 Å². The van der Waals surface area contributed by atoms with E-state index in [1.807, 2.05) is 24.3 Å². The lowest BCUT2D eigenvalue weighted by molar-refractivity contribution is -0.118. The van der Waals surface area contributed by atoms with Gasteiger partial charge in [-0.3, -0.25) is 10.1 Å². The van der Waals surface area contributed by atoms with Crippen molar-refractivity contribution in [2.45, 2.75) is 32.7 Å². The molecule has 158 valence electrons. The lowest BCUT2D eigenvalue weighted by Gasteiger charge is -2.37. The van der Waals surface area contributed by atoms with Gasteiger partial charge in [-0.05, 0) is 41.7 Å². The highest BCUT2D eigenvalue weighted by atomic mass is 16.4. The molecule has 0 radical (unpaired) electrons. The van der Waals surface area contributed by atoms with Crippen molar-refractivity contribution in [1.82, 2.24) is 10.3 Å². The standard InChI is InChI=1S/C23H22N4O4/c1-23(2)10-14-19(17(30)11-23)20(12-7-8-15(28)16(29)9-12)26-21(24-14)27-22-25-13-5-3-4-6-18(13)31-22/h3-9,20,28-29H,10-11H2,1-2H3,(H2,24,25,26,27).